The minimum atomic E-state index is -4.20. The quantitative estimate of drug-likeness (QED) is 0.0363. The Labute approximate surface area is 380 Å². The van der Waals surface area contributed by atoms with Gasteiger partial charge in [-0.3, -0.25) is 0 Å². The summed E-state index contributed by atoms with van der Waals surface area (Å²) in [6, 6.07) is 5.11. The van der Waals surface area contributed by atoms with Crippen molar-refractivity contribution in [1.29, 1.82) is 0 Å². The number of ether oxygens (including phenoxy) is 10. The van der Waals surface area contributed by atoms with Crippen LogP contribution in [0.2, 0.25) is 5.02 Å². The van der Waals surface area contributed by atoms with Crippen LogP contribution in [0.3, 0.4) is 0 Å². The van der Waals surface area contributed by atoms with Crippen LogP contribution in [0.15, 0.2) is 18.2 Å². The second kappa shape index (κ2) is 35.6. The Balaban J connectivity index is 0. The third-order valence-electron chi connectivity index (χ3n) is 5.48. The number of benzene rings is 1. The van der Waals surface area contributed by atoms with Crippen LogP contribution >= 0.6 is 11.6 Å². The van der Waals surface area contributed by atoms with E-state index < -0.39 is 31.7 Å². The summed E-state index contributed by atoms with van der Waals surface area (Å²) in [7, 11) is -8.39. The molecule has 1 aromatic carbocycles. The number of rotatable bonds is 34. The van der Waals surface area contributed by atoms with Gasteiger partial charge < -0.3 is 56.5 Å². The Hall–Kier alpha value is 1.88. The molecule has 0 aromatic heterocycles. The molecule has 1 aromatic rings. The van der Waals surface area contributed by atoms with E-state index in [0.717, 1.165) is 0 Å². The van der Waals surface area contributed by atoms with E-state index in [1.165, 1.54) is 0 Å². The van der Waals surface area contributed by atoms with Crippen molar-refractivity contribution >= 4 is 31.8 Å². The first kappa shape index (κ1) is 53.0. The molecule has 0 amide bonds. The minimum Gasteiger partial charge on any atom is -0.748 e. The molecule has 0 aliphatic rings. The summed E-state index contributed by atoms with van der Waals surface area (Å²) in [6.07, 6.45) is 0.329. The van der Waals surface area contributed by atoms with Gasteiger partial charge >= 0.3 is 103 Å². The van der Waals surface area contributed by atoms with Crippen LogP contribution < -0.4 is 112 Å². The largest absolute Gasteiger partial charge is 1.00 e. The van der Waals surface area contributed by atoms with E-state index in [-0.39, 0.29) is 135 Å². The Morgan fingerprint density at radius 3 is 1.12 bits per heavy atom. The summed E-state index contributed by atoms with van der Waals surface area (Å²) in [4.78, 5) is 0. The molecule has 0 fully saturated rings. The van der Waals surface area contributed by atoms with Gasteiger partial charge in [0, 0.05) is 30.8 Å². The Morgan fingerprint density at radius 1 is 0.469 bits per heavy atom. The maximum absolute atomic E-state index is 10.5. The van der Waals surface area contributed by atoms with Crippen molar-refractivity contribution in [2.75, 3.05) is 130 Å². The normalized spacial score (nSPS) is 11.6. The summed E-state index contributed by atoms with van der Waals surface area (Å²) in [5, 5.41) is 0.444. The maximum Gasteiger partial charge on any atom is 1.00 e. The molecule has 0 atom stereocenters. The second-order valence-corrected chi connectivity index (χ2v) is 12.9. The average Bonchev–Trinajstić information content (AvgIpc) is 3.00. The predicted octanol–water partition coefficient (Wildman–Crippen LogP) is -4.89. The summed E-state index contributed by atoms with van der Waals surface area (Å²) >= 11 is 6.21. The number of hydrogen-bond acceptors (Lipinski definition) is 16. The van der Waals surface area contributed by atoms with Gasteiger partial charge in [0.15, 0.2) is 0 Å². The van der Waals surface area contributed by atoms with Gasteiger partial charge in [0.1, 0.15) is 24.7 Å². The first-order chi connectivity index (χ1) is 22.6. The monoisotopic (exact) mass is 816 g/mol. The molecule has 0 saturated carbocycles. The summed E-state index contributed by atoms with van der Waals surface area (Å²) in [5.41, 5.74) is 0. The number of hydrogen-bond donors (Lipinski definition) is 0. The van der Waals surface area contributed by atoms with Gasteiger partial charge in [-0.15, -0.1) is 0 Å². The number of halogens is 1. The first-order valence-electron chi connectivity index (χ1n) is 15.1. The third-order valence-corrected chi connectivity index (χ3v) is 7.37. The zero-order valence-corrected chi connectivity index (χ0v) is 37.1. The van der Waals surface area contributed by atoms with Crippen LogP contribution in [0.4, 0.5) is 0 Å². The Bertz CT molecular complexity index is 1120. The van der Waals surface area contributed by atoms with E-state index in [9.17, 15) is 25.9 Å². The van der Waals surface area contributed by atoms with Crippen LogP contribution in [0.25, 0.3) is 0 Å². The fraction of sp³-hybridized carbons (Fsp3) is 0.786. The van der Waals surface area contributed by atoms with Crippen LogP contribution in [0, 0.1) is 0 Å². The SMILES string of the molecule is O=S(=O)([O-])CCCOCCOCCOCCOCCOc1ccc(Cl)c(OCCOCCOCCOCCOCCCS(=O)(=O)[O-])c1.[K+].[K+]. The topological polar surface area (TPSA) is 207 Å². The molecule has 0 heterocycles. The van der Waals surface area contributed by atoms with Crippen molar-refractivity contribution in [1.82, 2.24) is 0 Å². The van der Waals surface area contributed by atoms with Gasteiger partial charge in [-0.25, -0.2) is 16.8 Å². The van der Waals surface area contributed by atoms with Gasteiger partial charge in [-0.2, -0.15) is 0 Å². The molecule has 21 heteroatoms. The Morgan fingerprint density at radius 2 is 0.776 bits per heavy atom. The fourth-order valence-electron chi connectivity index (χ4n) is 3.31. The third kappa shape index (κ3) is 38.0. The summed E-state index contributed by atoms with van der Waals surface area (Å²) < 4.78 is 117. The van der Waals surface area contributed by atoms with Crippen molar-refractivity contribution in [3.63, 3.8) is 0 Å². The molecule has 0 aliphatic heterocycles. The fourth-order valence-corrected chi connectivity index (χ4v) is 4.43. The molecule has 0 aliphatic carbocycles. The zero-order chi connectivity index (χ0) is 34.5. The molecule has 0 bridgehead atoms. The van der Waals surface area contributed by atoms with E-state index in [4.69, 9.17) is 59.0 Å². The van der Waals surface area contributed by atoms with Crippen molar-refractivity contribution in [3.05, 3.63) is 23.2 Å². The van der Waals surface area contributed by atoms with Gasteiger partial charge in [0.2, 0.25) is 0 Å². The maximum atomic E-state index is 10.5. The van der Waals surface area contributed by atoms with Gasteiger partial charge in [-0.1, -0.05) is 11.6 Å². The van der Waals surface area contributed by atoms with Crippen LogP contribution in [-0.2, 0) is 58.1 Å². The first-order valence-corrected chi connectivity index (χ1v) is 18.6. The van der Waals surface area contributed by atoms with E-state index in [0.29, 0.717) is 116 Å². The van der Waals surface area contributed by atoms with Crippen LogP contribution in [-0.4, -0.2) is 156 Å². The summed E-state index contributed by atoms with van der Waals surface area (Å²) in [5.74, 6) is 0.187. The zero-order valence-electron chi connectivity index (χ0n) is 28.5. The molecule has 0 saturated heterocycles. The molecule has 49 heavy (non-hydrogen) atoms. The smallest absolute Gasteiger partial charge is 0.748 e. The van der Waals surface area contributed by atoms with Crippen molar-refractivity contribution in [2.45, 2.75) is 12.8 Å². The molecule has 276 valence electrons. The van der Waals surface area contributed by atoms with Gasteiger partial charge in [0.25, 0.3) is 0 Å². The molecule has 0 unspecified atom stereocenters. The van der Waals surface area contributed by atoms with Crippen molar-refractivity contribution in [2.24, 2.45) is 0 Å². The Kier molecular flexibility index (Phi) is 38.5. The predicted molar refractivity (Wildman–Crippen MR) is 167 cm³/mol. The standard InChI is InChI=1S/C28H49ClO16S2.2K/c29-27-4-3-26(44-21-19-42-17-15-40-13-11-38-9-7-36-5-1-23-46(30,31)32)25-28(27)45-22-20-43-18-16-41-14-12-39-10-8-37-6-2-24-47(33,34)35;;/h3-4,25H,1-2,5-24H2,(H,30,31,32)(H,33,34,35);;/q;2*+1/p-2. The van der Waals surface area contributed by atoms with E-state index in [1.54, 1.807) is 18.2 Å². The molecule has 16 nitrogen and oxygen atoms in total. The van der Waals surface area contributed by atoms with Crippen LogP contribution in [0.5, 0.6) is 11.5 Å². The van der Waals surface area contributed by atoms with Crippen molar-refractivity contribution < 1.29 is 176 Å². The molecule has 0 N–H and O–H groups in total. The van der Waals surface area contributed by atoms with Gasteiger partial charge in [-0.05, 0) is 25.0 Å². The van der Waals surface area contributed by atoms with E-state index in [2.05, 4.69) is 0 Å². The van der Waals surface area contributed by atoms with E-state index in [1.807, 2.05) is 0 Å². The molecule has 0 radical (unpaired) electrons. The molecule has 0 spiro atoms. The molecular formula is C28H47ClK2O16S2. The average molecular weight is 817 g/mol. The second-order valence-electron chi connectivity index (χ2n) is 9.42. The van der Waals surface area contributed by atoms with Crippen molar-refractivity contribution in [3.8, 4) is 11.5 Å². The molecule has 1 rings (SSSR count). The molecular weight excluding hydrogens is 770 g/mol. The summed E-state index contributed by atoms with van der Waals surface area (Å²) in [6.45, 7) is 6.07. The minimum absolute atomic E-state index is 0. The van der Waals surface area contributed by atoms with Crippen LogP contribution in [0.1, 0.15) is 12.8 Å². The van der Waals surface area contributed by atoms with E-state index >= 15 is 0 Å². The van der Waals surface area contributed by atoms with Gasteiger partial charge in [0.05, 0.1) is 118 Å².